The molecule has 0 bridgehead atoms. The number of aromatic nitrogens is 2. The summed E-state index contributed by atoms with van der Waals surface area (Å²) < 4.78 is 0. The summed E-state index contributed by atoms with van der Waals surface area (Å²) >= 11 is 1.09. The van der Waals surface area contributed by atoms with Gasteiger partial charge in [-0.05, 0) is 6.07 Å². The van der Waals surface area contributed by atoms with E-state index in [-0.39, 0.29) is 23.1 Å². The molecular weight excluding hydrogens is 296 g/mol. The molecule has 0 unspecified atom stereocenters. The van der Waals surface area contributed by atoms with Gasteiger partial charge in [0, 0.05) is 23.3 Å². The third-order valence-electron chi connectivity index (χ3n) is 2.24. The van der Waals surface area contributed by atoms with Crippen molar-refractivity contribution in [1.29, 1.82) is 0 Å². The monoisotopic (exact) mass is 306 g/mol. The van der Waals surface area contributed by atoms with Crippen LogP contribution in [0.3, 0.4) is 0 Å². The number of rotatable bonds is 7. The largest absolute Gasteiger partial charge is 0.476 e. The van der Waals surface area contributed by atoms with E-state index in [2.05, 4.69) is 20.4 Å². The maximum atomic E-state index is 11.2. The second-order valence-electron chi connectivity index (χ2n) is 3.68. The zero-order valence-corrected chi connectivity index (χ0v) is 11.4. The van der Waals surface area contributed by atoms with Crippen LogP contribution in [0.1, 0.15) is 11.3 Å². The Balaban J connectivity index is 2.08. The number of pyridine rings is 1. The molecule has 0 fully saturated rings. The summed E-state index contributed by atoms with van der Waals surface area (Å²) in [6, 6.07) is 3.51. The number of hydrogen-bond acceptors (Lipinski definition) is 7. The lowest BCUT2D eigenvalue weighted by Gasteiger charge is -2.00. The molecule has 0 aromatic carbocycles. The van der Waals surface area contributed by atoms with Gasteiger partial charge in [0.25, 0.3) is 0 Å². The highest BCUT2D eigenvalue weighted by molar-refractivity contribution is 7.14. The van der Waals surface area contributed by atoms with Crippen molar-refractivity contribution in [3.63, 3.8) is 0 Å². The van der Waals surface area contributed by atoms with E-state index in [1.807, 2.05) is 0 Å². The molecule has 0 aliphatic heterocycles. The molecule has 2 N–H and O–H groups in total. The molecule has 108 valence electrons. The molecule has 0 aliphatic rings. The van der Waals surface area contributed by atoms with E-state index in [1.165, 1.54) is 5.38 Å². The van der Waals surface area contributed by atoms with Gasteiger partial charge in [0.2, 0.25) is 12.1 Å². The Morgan fingerprint density at radius 2 is 2.43 bits per heavy atom. The van der Waals surface area contributed by atoms with Crippen LogP contribution in [0.25, 0.3) is 0 Å². The molecule has 9 heteroatoms. The average molecular weight is 306 g/mol. The number of oxime groups is 1. The number of amides is 1. The van der Waals surface area contributed by atoms with Gasteiger partial charge in [-0.25, -0.2) is 9.78 Å². The van der Waals surface area contributed by atoms with E-state index in [4.69, 9.17) is 9.94 Å². The Morgan fingerprint density at radius 3 is 3.10 bits per heavy atom. The predicted molar refractivity (Wildman–Crippen MR) is 75.0 cm³/mol. The molecule has 0 saturated heterocycles. The van der Waals surface area contributed by atoms with Crippen LogP contribution in [-0.4, -0.2) is 33.2 Å². The number of nitrogens with one attached hydrogen (secondary N) is 1. The van der Waals surface area contributed by atoms with Gasteiger partial charge in [-0.1, -0.05) is 11.2 Å². The molecule has 2 aromatic rings. The summed E-state index contributed by atoms with van der Waals surface area (Å²) in [7, 11) is 0. The molecule has 0 aliphatic carbocycles. The van der Waals surface area contributed by atoms with E-state index in [9.17, 15) is 9.59 Å². The highest BCUT2D eigenvalue weighted by atomic mass is 32.1. The number of carboxylic acid groups (broad SMARTS) is 1. The summed E-state index contributed by atoms with van der Waals surface area (Å²) in [4.78, 5) is 34.3. The lowest BCUT2D eigenvalue weighted by molar-refractivity contribution is -0.129. The van der Waals surface area contributed by atoms with Gasteiger partial charge in [0.05, 0.1) is 0 Å². The number of carbonyl (C=O) groups is 2. The van der Waals surface area contributed by atoms with Crippen molar-refractivity contribution >= 4 is 34.6 Å². The van der Waals surface area contributed by atoms with Crippen LogP contribution in [0.4, 0.5) is 5.13 Å². The summed E-state index contributed by atoms with van der Waals surface area (Å²) in [6.45, 7) is 0.0915. The maximum Gasteiger partial charge on any atom is 0.360 e. The number of carbonyl (C=O) groups excluding carboxylic acids is 1. The molecule has 2 rings (SSSR count). The van der Waals surface area contributed by atoms with Crippen LogP contribution in [-0.2, 0) is 21.0 Å². The van der Waals surface area contributed by atoms with Crippen LogP contribution in [0.2, 0.25) is 0 Å². The van der Waals surface area contributed by atoms with Crippen molar-refractivity contribution in [2.45, 2.75) is 6.61 Å². The summed E-state index contributed by atoms with van der Waals surface area (Å²) in [5.41, 5.74) is 0.532. The number of aliphatic carboxylic acids is 1. The molecule has 0 spiro atoms. The first-order valence-corrected chi connectivity index (χ1v) is 6.57. The van der Waals surface area contributed by atoms with E-state index in [0.717, 1.165) is 16.9 Å². The van der Waals surface area contributed by atoms with Crippen molar-refractivity contribution in [2.75, 3.05) is 5.32 Å². The topological polar surface area (TPSA) is 114 Å². The van der Waals surface area contributed by atoms with Crippen LogP contribution >= 0.6 is 11.3 Å². The van der Waals surface area contributed by atoms with E-state index >= 15 is 0 Å². The first kappa shape index (κ1) is 14.6. The van der Waals surface area contributed by atoms with Crippen LogP contribution in [0, 0.1) is 0 Å². The minimum Gasteiger partial charge on any atom is -0.476 e. The zero-order chi connectivity index (χ0) is 15.1. The minimum absolute atomic E-state index is 0.0915. The Labute approximate surface area is 123 Å². The Morgan fingerprint density at radius 1 is 1.57 bits per heavy atom. The van der Waals surface area contributed by atoms with Gasteiger partial charge in [0.15, 0.2) is 5.13 Å². The lowest BCUT2D eigenvalue weighted by atomic mass is 10.3. The normalized spacial score (nSPS) is 11.0. The highest BCUT2D eigenvalue weighted by Gasteiger charge is 2.17. The Bertz CT molecular complexity index is 656. The van der Waals surface area contributed by atoms with Gasteiger partial charge < -0.3 is 15.3 Å². The molecular formula is C12H10N4O4S. The summed E-state index contributed by atoms with van der Waals surface area (Å²) in [5.74, 6) is -1.27. The fourth-order valence-corrected chi connectivity index (χ4v) is 2.00. The van der Waals surface area contributed by atoms with Crippen LogP contribution < -0.4 is 5.32 Å². The highest BCUT2D eigenvalue weighted by Crippen LogP contribution is 2.15. The second kappa shape index (κ2) is 7.10. The van der Waals surface area contributed by atoms with Crippen molar-refractivity contribution in [3.05, 3.63) is 41.2 Å². The van der Waals surface area contributed by atoms with E-state index in [1.54, 1.807) is 24.5 Å². The van der Waals surface area contributed by atoms with Crippen LogP contribution in [0.5, 0.6) is 0 Å². The average Bonchev–Trinajstić information content (AvgIpc) is 2.93. The molecule has 0 atom stereocenters. The summed E-state index contributed by atoms with van der Waals surface area (Å²) in [5, 5.41) is 16.8. The van der Waals surface area contributed by atoms with Gasteiger partial charge in [-0.3, -0.25) is 9.78 Å². The minimum atomic E-state index is -1.27. The zero-order valence-electron chi connectivity index (χ0n) is 10.6. The molecule has 8 nitrogen and oxygen atoms in total. The molecule has 0 radical (unpaired) electrons. The van der Waals surface area contributed by atoms with Crippen molar-refractivity contribution < 1.29 is 19.5 Å². The number of carboxylic acids is 1. The van der Waals surface area contributed by atoms with Crippen LogP contribution in [0.15, 0.2) is 35.1 Å². The third-order valence-corrected chi connectivity index (χ3v) is 3.02. The van der Waals surface area contributed by atoms with Crippen molar-refractivity contribution in [2.24, 2.45) is 5.16 Å². The van der Waals surface area contributed by atoms with Gasteiger partial charge in [0.1, 0.15) is 12.3 Å². The molecule has 21 heavy (non-hydrogen) atoms. The van der Waals surface area contributed by atoms with Crippen molar-refractivity contribution in [1.82, 2.24) is 9.97 Å². The standard InChI is InChI=1S/C12H10N4O4S/c17-7-14-12-15-9(6-21-12)10(11(18)19)16-20-5-8-2-1-3-13-4-8/h1-4,6-7H,5H2,(H,18,19)(H,14,15,17)/b16-10+. The molecule has 2 aromatic heterocycles. The fraction of sp³-hybridized carbons (Fsp3) is 0.0833. The SMILES string of the molecule is O=CNc1nc(/C(=N\OCc2cccnc2)C(=O)O)cs1. The smallest absolute Gasteiger partial charge is 0.360 e. The van der Waals surface area contributed by atoms with Gasteiger partial charge in [-0.15, -0.1) is 11.3 Å². The first-order chi connectivity index (χ1) is 10.2. The van der Waals surface area contributed by atoms with Crippen molar-refractivity contribution in [3.8, 4) is 0 Å². The number of thiazole rings is 1. The second-order valence-corrected chi connectivity index (χ2v) is 4.54. The maximum absolute atomic E-state index is 11.2. The quantitative estimate of drug-likeness (QED) is 0.450. The van der Waals surface area contributed by atoms with E-state index in [0.29, 0.717) is 6.41 Å². The fourth-order valence-electron chi connectivity index (χ4n) is 1.35. The summed E-state index contributed by atoms with van der Waals surface area (Å²) in [6.07, 6.45) is 3.66. The van der Waals surface area contributed by atoms with E-state index < -0.39 is 5.97 Å². The Hall–Kier alpha value is -2.81. The molecule has 1 amide bonds. The van der Waals surface area contributed by atoms with Gasteiger partial charge >= 0.3 is 5.97 Å². The Kier molecular flexibility index (Phi) is 4.94. The number of nitrogens with zero attached hydrogens (tertiary/aromatic N) is 3. The first-order valence-electron chi connectivity index (χ1n) is 5.69. The molecule has 0 saturated carbocycles. The number of hydrogen-bond donors (Lipinski definition) is 2. The molecule has 2 heterocycles. The third kappa shape index (κ3) is 4.08. The van der Waals surface area contributed by atoms with Gasteiger partial charge in [-0.2, -0.15) is 0 Å². The number of anilines is 1. The predicted octanol–water partition coefficient (Wildman–Crippen LogP) is 1.11. The lowest BCUT2D eigenvalue weighted by Crippen LogP contribution is -2.15.